The number of hydrogen-bond donors (Lipinski definition) is 1. The van der Waals surface area contributed by atoms with Crippen LogP contribution in [0.3, 0.4) is 0 Å². The maximum Gasteiger partial charge on any atom is 0.172 e. The first-order valence-corrected chi connectivity index (χ1v) is 11.6. The van der Waals surface area contributed by atoms with Gasteiger partial charge in [-0.1, -0.05) is 72.8 Å². The van der Waals surface area contributed by atoms with E-state index in [4.69, 9.17) is 23.2 Å². The minimum atomic E-state index is -0.331. The monoisotopic (exact) mass is 452 g/mol. The minimum Gasteiger partial charge on any atom is -0.381 e. The number of nitrogens with zero attached hydrogens (tertiary/aromatic N) is 1. The molecule has 1 fully saturated rings. The molecule has 1 N–H and O–H groups in total. The van der Waals surface area contributed by atoms with Gasteiger partial charge in [0.05, 0.1) is 16.0 Å². The largest absolute Gasteiger partial charge is 0.381 e. The summed E-state index contributed by atoms with van der Waals surface area (Å²) in [6.07, 6.45) is 9.35. The van der Waals surface area contributed by atoms with E-state index in [0.717, 1.165) is 29.7 Å². The Morgan fingerprint density at radius 2 is 1.61 bits per heavy atom. The lowest BCUT2D eigenvalue weighted by Crippen LogP contribution is -2.40. The average molecular weight is 453 g/mol. The van der Waals surface area contributed by atoms with E-state index in [1.54, 1.807) is 18.5 Å². The maximum atomic E-state index is 13.8. The highest BCUT2D eigenvalue weighted by atomic mass is 35.5. The van der Waals surface area contributed by atoms with Crippen molar-refractivity contribution in [3.63, 3.8) is 0 Å². The number of halogens is 2. The molecule has 5 heteroatoms. The molecule has 0 aliphatic heterocycles. The predicted molar refractivity (Wildman–Crippen MR) is 128 cm³/mol. The number of carbonyl (C=O) groups excluding carboxylic acids is 1. The molecular weight excluding hydrogens is 427 g/mol. The third kappa shape index (κ3) is 5.28. The molecule has 1 heterocycles. The summed E-state index contributed by atoms with van der Waals surface area (Å²) in [5.74, 6) is 0.173. The number of benzene rings is 2. The Bertz CT molecular complexity index is 1000. The van der Waals surface area contributed by atoms with E-state index in [-0.39, 0.29) is 17.7 Å². The molecule has 160 valence electrons. The summed E-state index contributed by atoms with van der Waals surface area (Å²) >= 11 is 12.4. The van der Waals surface area contributed by atoms with Crippen LogP contribution in [0.25, 0.3) is 0 Å². The summed E-state index contributed by atoms with van der Waals surface area (Å²) < 4.78 is 0. The quantitative estimate of drug-likeness (QED) is 0.379. The first-order valence-electron chi connectivity index (χ1n) is 10.8. The molecule has 1 saturated carbocycles. The molecule has 0 bridgehead atoms. The number of Topliss-reactive ketones (excluding diaryl/α,β-unsaturated/α-hetero) is 1. The van der Waals surface area contributed by atoms with Gasteiger partial charge in [-0.25, -0.2) is 0 Å². The van der Waals surface area contributed by atoms with Gasteiger partial charge in [0.2, 0.25) is 0 Å². The number of hydrogen-bond acceptors (Lipinski definition) is 3. The van der Waals surface area contributed by atoms with Crippen LogP contribution in [-0.2, 0) is 0 Å². The Morgan fingerprint density at radius 1 is 0.903 bits per heavy atom. The number of carbonyl (C=O) groups is 1. The maximum absolute atomic E-state index is 13.8. The molecule has 0 amide bonds. The topological polar surface area (TPSA) is 42.0 Å². The highest BCUT2D eigenvalue weighted by Crippen LogP contribution is 2.38. The lowest BCUT2D eigenvalue weighted by atomic mass is 9.74. The van der Waals surface area contributed by atoms with Crippen LogP contribution in [-0.4, -0.2) is 16.8 Å². The molecule has 1 aliphatic rings. The van der Waals surface area contributed by atoms with E-state index >= 15 is 0 Å². The van der Waals surface area contributed by atoms with Crippen molar-refractivity contribution in [2.75, 3.05) is 5.32 Å². The van der Waals surface area contributed by atoms with E-state index in [9.17, 15) is 4.79 Å². The third-order valence-electron chi connectivity index (χ3n) is 6.18. The molecule has 2 aromatic carbocycles. The molecule has 2 atom stereocenters. The number of pyridine rings is 1. The summed E-state index contributed by atoms with van der Waals surface area (Å²) in [5, 5.41) is 4.71. The zero-order valence-corrected chi connectivity index (χ0v) is 18.8. The summed E-state index contributed by atoms with van der Waals surface area (Å²) in [5.41, 5.74) is 2.58. The van der Waals surface area contributed by atoms with Crippen molar-refractivity contribution in [1.82, 2.24) is 4.98 Å². The summed E-state index contributed by atoms with van der Waals surface area (Å²) in [4.78, 5) is 18.0. The lowest BCUT2D eigenvalue weighted by molar-refractivity contribution is 0.0932. The molecule has 2 unspecified atom stereocenters. The van der Waals surface area contributed by atoms with Crippen LogP contribution in [0.4, 0.5) is 5.69 Å². The number of ketones is 1. The van der Waals surface area contributed by atoms with E-state index in [1.165, 1.54) is 19.3 Å². The van der Waals surface area contributed by atoms with Gasteiger partial charge in [0.25, 0.3) is 0 Å². The van der Waals surface area contributed by atoms with Crippen LogP contribution in [0, 0.1) is 5.92 Å². The van der Waals surface area contributed by atoms with Gasteiger partial charge in [-0.15, -0.1) is 0 Å². The van der Waals surface area contributed by atoms with Gasteiger partial charge in [-0.3, -0.25) is 9.78 Å². The first kappa shape index (κ1) is 21.9. The van der Waals surface area contributed by atoms with Gasteiger partial charge in [0.1, 0.15) is 0 Å². The van der Waals surface area contributed by atoms with Crippen molar-refractivity contribution >= 4 is 34.7 Å². The number of aromatic nitrogens is 1. The Morgan fingerprint density at radius 3 is 2.29 bits per heavy atom. The van der Waals surface area contributed by atoms with Crippen LogP contribution in [0.5, 0.6) is 0 Å². The Balaban J connectivity index is 1.76. The van der Waals surface area contributed by atoms with Crippen LogP contribution < -0.4 is 5.32 Å². The number of anilines is 1. The molecule has 3 nitrogen and oxygen atoms in total. The molecule has 0 spiro atoms. The minimum absolute atomic E-state index is 0.0624. The second-order valence-electron chi connectivity index (χ2n) is 8.19. The van der Waals surface area contributed by atoms with Gasteiger partial charge >= 0.3 is 0 Å². The fourth-order valence-electron chi connectivity index (χ4n) is 4.62. The van der Waals surface area contributed by atoms with Crippen molar-refractivity contribution in [3.05, 3.63) is 94.2 Å². The second kappa shape index (κ2) is 10.3. The van der Waals surface area contributed by atoms with Crippen LogP contribution in [0.1, 0.15) is 53.9 Å². The van der Waals surface area contributed by atoms with Gasteiger partial charge < -0.3 is 5.32 Å². The smallest absolute Gasteiger partial charge is 0.172 e. The van der Waals surface area contributed by atoms with Crippen molar-refractivity contribution in [3.8, 4) is 0 Å². The van der Waals surface area contributed by atoms with Crippen molar-refractivity contribution < 1.29 is 4.79 Å². The summed E-state index contributed by atoms with van der Waals surface area (Å²) in [7, 11) is 0. The Hall–Kier alpha value is -2.36. The van der Waals surface area contributed by atoms with Crippen molar-refractivity contribution in [2.24, 2.45) is 5.92 Å². The molecule has 0 saturated heterocycles. The van der Waals surface area contributed by atoms with Gasteiger partial charge in [-0.05, 0) is 54.7 Å². The van der Waals surface area contributed by atoms with E-state index < -0.39 is 0 Å². The molecule has 4 rings (SSSR count). The highest BCUT2D eigenvalue weighted by Gasteiger charge is 2.36. The standard InChI is InChI=1S/C26H26Cl2N2O/c27-22-12-11-21(17-23(22)28)30-25(19-7-3-1-4-8-19)24(18-13-15-29-16-14-18)26(31)20-9-5-2-6-10-20/h2,5-6,9-17,19,24-25,30H,1,3-4,7-8H2. The van der Waals surface area contributed by atoms with E-state index in [0.29, 0.717) is 16.0 Å². The van der Waals surface area contributed by atoms with Crippen LogP contribution >= 0.6 is 23.2 Å². The predicted octanol–water partition coefficient (Wildman–Crippen LogP) is 7.42. The van der Waals surface area contributed by atoms with E-state index in [1.807, 2.05) is 54.6 Å². The molecule has 31 heavy (non-hydrogen) atoms. The first-order chi connectivity index (χ1) is 15.1. The SMILES string of the molecule is O=C(c1ccccc1)C(c1ccncc1)C(Nc1ccc(Cl)c(Cl)c1)C1CCCCC1. The fourth-order valence-corrected chi connectivity index (χ4v) is 4.92. The molecule has 0 radical (unpaired) electrons. The number of rotatable bonds is 7. The van der Waals surface area contributed by atoms with Gasteiger partial charge in [-0.2, -0.15) is 0 Å². The zero-order valence-electron chi connectivity index (χ0n) is 17.3. The van der Waals surface area contributed by atoms with E-state index in [2.05, 4.69) is 10.3 Å². The lowest BCUT2D eigenvalue weighted by Gasteiger charge is -2.37. The fraction of sp³-hybridized carbons (Fsp3) is 0.308. The Kier molecular flexibility index (Phi) is 7.26. The van der Waals surface area contributed by atoms with Gasteiger partial charge in [0.15, 0.2) is 5.78 Å². The number of nitrogens with one attached hydrogen (secondary N) is 1. The third-order valence-corrected chi connectivity index (χ3v) is 6.91. The summed E-state index contributed by atoms with van der Waals surface area (Å²) in [6.45, 7) is 0. The molecule has 1 aromatic heterocycles. The van der Waals surface area contributed by atoms with Crippen LogP contribution in [0.2, 0.25) is 10.0 Å². The Labute approximate surface area is 193 Å². The summed E-state index contributed by atoms with van der Waals surface area (Å²) in [6, 6.07) is 19.0. The molecule has 1 aliphatic carbocycles. The average Bonchev–Trinajstić information content (AvgIpc) is 2.82. The highest BCUT2D eigenvalue weighted by molar-refractivity contribution is 6.42. The van der Waals surface area contributed by atoms with Crippen molar-refractivity contribution in [1.29, 1.82) is 0 Å². The van der Waals surface area contributed by atoms with Crippen molar-refractivity contribution in [2.45, 2.75) is 44.1 Å². The zero-order chi connectivity index (χ0) is 21.6. The second-order valence-corrected chi connectivity index (χ2v) is 9.00. The molecular formula is C26H26Cl2N2O. The molecule has 3 aromatic rings. The van der Waals surface area contributed by atoms with Gasteiger partial charge in [0, 0.05) is 29.7 Å². The normalized spacial score (nSPS) is 16.5. The van der Waals surface area contributed by atoms with Crippen LogP contribution in [0.15, 0.2) is 73.1 Å².